The highest BCUT2D eigenvalue weighted by Crippen LogP contribution is 2.65. The summed E-state index contributed by atoms with van der Waals surface area (Å²) in [6.45, 7) is 6.13. The van der Waals surface area contributed by atoms with Gasteiger partial charge in [-0.1, -0.05) is 13.8 Å². The van der Waals surface area contributed by atoms with Crippen LogP contribution in [0.1, 0.15) is 46.4 Å². The van der Waals surface area contributed by atoms with Gasteiger partial charge in [0.15, 0.2) is 5.60 Å². The minimum absolute atomic E-state index is 0.152. The Morgan fingerprint density at radius 2 is 2.17 bits per heavy atom. The van der Waals surface area contributed by atoms with E-state index in [1.54, 1.807) is 6.92 Å². The number of aryl methyl sites for hydroxylation is 1. The quantitative estimate of drug-likeness (QED) is 0.808. The lowest BCUT2D eigenvalue weighted by molar-refractivity contribution is -0.168. The van der Waals surface area contributed by atoms with Crippen LogP contribution in [0.15, 0.2) is 6.20 Å². The van der Waals surface area contributed by atoms with Gasteiger partial charge in [0.1, 0.15) is 11.6 Å². The second-order valence-electron chi connectivity index (χ2n) is 7.05. The summed E-state index contributed by atoms with van der Waals surface area (Å²) in [7, 11) is 0. The van der Waals surface area contributed by atoms with Crippen molar-refractivity contribution in [3.63, 3.8) is 0 Å². The lowest BCUT2D eigenvalue weighted by Gasteiger charge is -2.35. The van der Waals surface area contributed by atoms with Crippen LogP contribution in [0.4, 0.5) is 5.82 Å². The first kappa shape index (κ1) is 14.4. The molecule has 0 aromatic carbocycles. The van der Waals surface area contributed by atoms with Crippen LogP contribution < -0.4 is 11.1 Å². The maximum absolute atomic E-state index is 12.9. The van der Waals surface area contributed by atoms with Gasteiger partial charge in [-0.15, -0.1) is 0 Å². The first-order chi connectivity index (χ1) is 11.0. The monoisotopic (exact) mass is 319 g/mol. The Balaban J connectivity index is 1.86. The van der Waals surface area contributed by atoms with Gasteiger partial charge in [0, 0.05) is 23.7 Å². The maximum atomic E-state index is 12.9. The van der Waals surface area contributed by atoms with E-state index in [9.17, 15) is 9.59 Å². The fraction of sp³-hybridized carbons (Fsp3) is 0.625. The highest BCUT2D eigenvalue weighted by Gasteiger charge is 2.75. The Hall–Kier alpha value is -2.18. The van der Waals surface area contributed by atoms with E-state index in [1.807, 2.05) is 20.8 Å². The summed E-state index contributed by atoms with van der Waals surface area (Å²) >= 11 is 0. The minimum Gasteiger partial charge on any atom is -0.448 e. The molecule has 1 saturated carbocycles. The second-order valence-corrected chi connectivity index (χ2v) is 7.05. The van der Waals surface area contributed by atoms with Crippen molar-refractivity contribution in [2.24, 2.45) is 10.8 Å². The van der Waals surface area contributed by atoms with Crippen LogP contribution in [0, 0.1) is 17.8 Å². The number of esters is 1. The normalized spacial score (nSPS) is 33.0. The van der Waals surface area contributed by atoms with Crippen molar-refractivity contribution in [1.29, 1.82) is 0 Å². The fourth-order valence-corrected chi connectivity index (χ4v) is 3.62. The standard InChI is InChI=1S/C16H22N4O3/c1-9-18-7-10(11(17)20-9)8-19-12(21)16-6-5-15(4,13(22)23-16)14(16,2)3/h7H,5-6,8H2,1-4H3,(H,19,21)(H2,17,18,20)/t15-,16+/m0/s1/i8D/t8-,15-,16+. The number of amides is 1. The number of fused-ring (bicyclic) bond motifs is 2. The molecular formula is C16H22N4O3. The highest BCUT2D eigenvalue weighted by molar-refractivity contribution is 5.96. The smallest absolute Gasteiger partial charge is 0.313 e. The van der Waals surface area contributed by atoms with E-state index >= 15 is 0 Å². The molecule has 2 aliphatic rings. The number of nitrogens with one attached hydrogen (secondary N) is 1. The lowest BCUT2D eigenvalue weighted by atomic mass is 9.66. The number of hydrogen-bond acceptors (Lipinski definition) is 6. The van der Waals surface area contributed by atoms with E-state index in [1.165, 1.54) is 6.20 Å². The Bertz CT molecular complexity index is 738. The molecule has 1 aliphatic carbocycles. The summed E-state index contributed by atoms with van der Waals surface area (Å²) < 4.78 is 13.7. The first-order valence-electron chi connectivity index (χ1n) is 8.18. The molecule has 1 saturated heterocycles. The van der Waals surface area contributed by atoms with Gasteiger partial charge in [-0.25, -0.2) is 9.97 Å². The lowest BCUT2D eigenvalue weighted by Crippen LogP contribution is -2.53. The van der Waals surface area contributed by atoms with Crippen molar-refractivity contribution in [2.75, 3.05) is 5.73 Å². The van der Waals surface area contributed by atoms with E-state index < -0.39 is 28.9 Å². The Kier molecular flexibility index (Phi) is 2.92. The molecule has 1 aromatic rings. The van der Waals surface area contributed by atoms with E-state index in [4.69, 9.17) is 11.8 Å². The first-order valence-corrected chi connectivity index (χ1v) is 7.61. The van der Waals surface area contributed by atoms with Crippen molar-refractivity contribution in [2.45, 2.75) is 52.7 Å². The topological polar surface area (TPSA) is 107 Å². The molecule has 2 fully saturated rings. The van der Waals surface area contributed by atoms with Gasteiger partial charge in [-0.2, -0.15) is 0 Å². The van der Waals surface area contributed by atoms with E-state index in [2.05, 4.69) is 15.3 Å². The second kappa shape index (κ2) is 4.66. The molecule has 0 spiro atoms. The highest BCUT2D eigenvalue weighted by atomic mass is 16.6. The van der Waals surface area contributed by atoms with Crippen LogP contribution in [-0.2, 0) is 20.8 Å². The van der Waals surface area contributed by atoms with Gasteiger partial charge in [-0.3, -0.25) is 9.59 Å². The summed E-state index contributed by atoms with van der Waals surface area (Å²) in [5.41, 5.74) is 3.53. The summed E-state index contributed by atoms with van der Waals surface area (Å²) in [6.07, 6.45) is 2.46. The third-order valence-corrected chi connectivity index (χ3v) is 5.78. The minimum atomic E-state index is -1.25. The molecule has 23 heavy (non-hydrogen) atoms. The number of carbonyl (C=O) groups excluding carboxylic acids is 2. The van der Waals surface area contributed by atoms with Gasteiger partial charge in [0.05, 0.1) is 6.79 Å². The van der Waals surface area contributed by atoms with Crippen LogP contribution in [0.5, 0.6) is 0 Å². The number of ether oxygens (including phenoxy) is 1. The number of hydrogen-bond donors (Lipinski definition) is 2. The zero-order valence-electron chi connectivity index (χ0n) is 14.8. The number of nitrogens with two attached hydrogens (primary N) is 1. The number of nitrogen functional groups attached to an aromatic ring is 1. The van der Waals surface area contributed by atoms with Gasteiger partial charge in [0.2, 0.25) is 0 Å². The zero-order chi connectivity index (χ0) is 17.9. The van der Waals surface area contributed by atoms with Crippen LogP contribution in [0.2, 0.25) is 0 Å². The van der Waals surface area contributed by atoms with Gasteiger partial charge < -0.3 is 15.8 Å². The van der Waals surface area contributed by atoms with E-state index in [0.29, 0.717) is 24.2 Å². The molecule has 1 aliphatic heterocycles. The Morgan fingerprint density at radius 1 is 1.48 bits per heavy atom. The third kappa shape index (κ3) is 1.88. The molecular weight excluding hydrogens is 296 g/mol. The van der Waals surface area contributed by atoms with Gasteiger partial charge >= 0.3 is 5.97 Å². The molecule has 1 amide bonds. The molecule has 2 bridgehead atoms. The van der Waals surface area contributed by atoms with Crippen LogP contribution >= 0.6 is 0 Å². The average molecular weight is 319 g/mol. The van der Waals surface area contributed by atoms with Crippen LogP contribution in [0.25, 0.3) is 0 Å². The van der Waals surface area contributed by atoms with Gasteiger partial charge in [0.25, 0.3) is 5.91 Å². The molecule has 3 rings (SSSR count). The number of aromatic nitrogens is 2. The zero-order valence-corrected chi connectivity index (χ0v) is 13.8. The predicted molar refractivity (Wildman–Crippen MR) is 83.0 cm³/mol. The van der Waals surface area contributed by atoms with Gasteiger partial charge in [-0.05, 0) is 26.7 Å². The molecule has 2 heterocycles. The van der Waals surface area contributed by atoms with Crippen LogP contribution in [0.3, 0.4) is 0 Å². The maximum Gasteiger partial charge on any atom is 0.313 e. The molecule has 124 valence electrons. The van der Waals surface area contributed by atoms with E-state index in [0.717, 1.165) is 0 Å². The number of anilines is 1. The Labute approximate surface area is 136 Å². The molecule has 3 atom stereocenters. The SMILES string of the molecule is [2H][C@H](NC(=O)[C@@]12CC[C@@](C)(C(=O)O1)C2(C)C)c1cnc(C)nc1N. The van der Waals surface area contributed by atoms with Crippen molar-refractivity contribution in [3.05, 3.63) is 17.6 Å². The van der Waals surface area contributed by atoms with Crippen molar-refractivity contribution < 1.29 is 15.7 Å². The van der Waals surface area contributed by atoms with Crippen LogP contribution in [-0.4, -0.2) is 27.4 Å². The van der Waals surface area contributed by atoms with Crippen molar-refractivity contribution in [1.82, 2.24) is 15.3 Å². The number of carbonyl (C=O) groups is 2. The summed E-state index contributed by atoms with van der Waals surface area (Å²) in [5.74, 6) is -0.180. The molecule has 1 aromatic heterocycles. The summed E-state index contributed by atoms with van der Waals surface area (Å²) in [4.78, 5) is 33.2. The molecule has 7 nitrogen and oxygen atoms in total. The summed E-state index contributed by atoms with van der Waals surface area (Å²) in [6, 6.07) is 0. The number of rotatable bonds is 3. The Morgan fingerprint density at radius 3 is 2.70 bits per heavy atom. The average Bonchev–Trinajstić information content (AvgIpc) is 2.77. The van der Waals surface area contributed by atoms with Crippen molar-refractivity contribution >= 4 is 17.7 Å². The fourth-order valence-electron chi connectivity index (χ4n) is 3.62. The van der Waals surface area contributed by atoms with Crippen molar-refractivity contribution in [3.8, 4) is 0 Å². The third-order valence-electron chi connectivity index (χ3n) is 5.78. The molecule has 0 unspecified atom stereocenters. The molecule has 0 radical (unpaired) electrons. The summed E-state index contributed by atoms with van der Waals surface area (Å²) in [5, 5.41) is 2.60. The molecule has 3 N–H and O–H groups in total. The number of nitrogens with zero attached hydrogens (tertiary/aromatic N) is 2. The molecule has 7 heteroatoms. The van der Waals surface area contributed by atoms with E-state index in [-0.39, 0.29) is 11.8 Å². The largest absolute Gasteiger partial charge is 0.448 e. The predicted octanol–water partition coefficient (Wildman–Crippen LogP) is 1.11.